The Morgan fingerprint density at radius 2 is 1.82 bits per heavy atom. The molecule has 0 radical (unpaired) electrons. The Labute approximate surface area is 199 Å². The minimum absolute atomic E-state index is 0.146. The molecule has 1 fully saturated rings. The lowest BCUT2D eigenvalue weighted by molar-refractivity contribution is -0.143. The number of carboxylic acid groups (broad SMARTS) is 2. The zero-order valence-corrected chi connectivity index (χ0v) is 19.6. The van der Waals surface area contributed by atoms with Gasteiger partial charge in [-0.15, -0.1) is 0 Å². The van der Waals surface area contributed by atoms with Gasteiger partial charge in [0, 0.05) is 20.1 Å². The number of aliphatic hydroxyl groups excluding tert-OH is 1. The predicted octanol–water partition coefficient (Wildman–Crippen LogP) is 2.11. The molecule has 0 atom stereocenters. The second-order valence-corrected chi connectivity index (χ2v) is 8.03. The summed E-state index contributed by atoms with van der Waals surface area (Å²) in [6.07, 6.45) is 4.26. The number of aliphatic hydroxyl groups is 1. The van der Waals surface area contributed by atoms with E-state index in [1.54, 1.807) is 11.7 Å². The molecule has 0 spiro atoms. The summed E-state index contributed by atoms with van der Waals surface area (Å²) < 4.78 is 7.52. The van der Waals surface area contributed by atoms with Crippen molar-refractivity contribution in [3.63, 3.8) is 0 Å². The lowest BCUT2D eigenvalue weighted by atomic mass is 10.1. The highest BCUT2D eigenvalue weighted by molar-refractivity contribution is 5.75. The Hall–Kier alpha value is -3.18. The van der Waals surface area contributed by atoms with Crippen LogP contribution in [0.2, 0.25) is 0 Å². The summed E-state index contributed by atoms with van der Waals surface area (Å²) in [5, 5.41) is 32.1. The quantitative estimate of drug-likeness (QED) is 0.335. The number of nitrogens with one attached hydrogen (secondary N) is 1. The number of likely N-dealkylation sites (tertiary alicyclic amines) is 1. The van der Waals surface area contributed by atoms with Crippen molar-refractivity contribution in [2.45, 2.75) is 51.7 Å². The van der Waals surface area contributed by atoms with Crippen molar-refractivity contribution in [2.75, 3.05) is 31.6 Å². The van der Waals surface area contributed by atoms with Gasteiger partial charge in [-0.3, -0.25) is 14.5 Å². The van der Waals surface area contributed by atoms with E-state index in [1.165, 1.54) is 37.9 Å². The molecule has 1 aromatic heterocycles. The van der Waals surface area contributed by atoms with Crippen molar-refractivity contribution < 1.29 is 29.6 Å². The first kappa shape index (κ1) is 27.1. The predicted molar refractivity (Wildman–Crippen MR) is 126 cm³/mol. The van der Waals surface area contributed by atoms with Crippen molar-refractivity contribution in [1.82, 2.24) is 19.7 Å². The van der Waals surface area contributed by atoms with Crippen molar-refractivity contribution >= 4 is 17.9 Å². The van der Waals surface area contributed by atoms with Gasteiger partial charge in [-0.1, -0.05) is 18.6 Å². The van der Waals surface area contributed by atoms with Crippen LogP contribution in [0.1, 0.15) is 49.9 Å². The van der Waals surface area contributed by atoms with Crippen molar-refractivity contribution in [1.29, 1.82) is 0 Å². The van der Waals surface area contributed by atoms with Crippen LogP contribution in [-0.4, -0.2) is 73.2 Å². The standard InChI is InChI=1S/C19H29N5O2.C4H6O4/c1-23-19(21-18(15-25)22-23)20-9-6-12-26-17-8-5-7-16(13-17)14-24-10-3-2-4-11-24;5-3(6)1-2-4(7)8/h5,7-8,13,25H,2-4,6,9-12,14-15H2,1H3,(H,20,21,22);1-2H2,(H,5,6)(H,7,8). The van der Waals surface area contributed by atoms with Crippen LogP contribution in [0.15, 0.2) is 24.3 Å². The fourth-order valence-corrected chi connectivity index (χ4v) is 3.44. The maximum absolute atomic E-state index is 9.64. The fraction of sp³-hybridized carbons (Fsp3) is 0.565. The molecule has 11 nitrogen and oxygen atoms in total. The molecule has 1 aliphatic rings. The zero-order chi connectivity index (χ0) is 24.8. The topological polar surface area (TPSA) is 150 Å². The Morgan fingerprint density at radius 1 is 1.12 bits per heavy atom. The summed E-state index contributed by atoms with van der Waals surface area (Å²) in [5.41, 5.74) is 1.32. The van der Waals surface area contributed by atoms with Gasteiger partial charge in [-0.25, -0.2) is 4.68 Å². The largest absolute Gasteiger partial charge is 0.494 e. The molecule has 34 heavy (non-hydrogen) atoms. The SMILES string of the molecule is Cn1nc(CO)nc1NCCCOc1cccc(CN2CCCCC2)c1.O=C(O)CCC(=O)O. The molecular weight excluding hydrogens is 442 g/mol. The fourth-order valence-electron chi connectivity index (χ4n) is 3.44. The molecule has 0 bridgehead atoms. The minimum atomic E-state index is -1.08. The summed E-state index contributed by atoms with van der Waals surface area (Å²) in [6.45, 7) is 4.66. The third-order valence-corrected chi connectivity index (χ3v) is 5.13. The summed E-state index contributed by atoms with van der Waals surface area (Å²) in [4.78, 5) is 26.0. The van der Waals surface area contributed by atoms with Gasteiger partial charge < -0.3 is 25.4 Å². The lowest BCUT2D eigenvalue weighted by Crippen LogP contribution is -2.29. The number of carboxylic acids is 2. The first-order valence-electron chi connectivity index (χ1n) is 11.5. The van der Waals surface area contributed by atoms with E-state index in [-0.39, 0.29) is 19.4 Å². The number of aliphatic carboxylic acids is 2. The van der Waals surface area contributed by atoms with E-state index in [0.717, 1.165) is 25.3 Å². The monoisotopic (exact) mass is 477 g/mol. The summed E-state index contributed by atoms with van der Waals surface area (Å²) in [7, 11) is 1.80. The van der Waals surface area contributed by atoms with Crippen LogP contribution >= 0.6 is 0 Å². The van der Waals surface area contributed by atoms with Crippen molar-refractivity contribution in [3.8, 4) is 5.75 Å². The molecule has 0 saturated carbocycles. The van der Waals surface area contributed by atoms with Crippen LogP contribution in [0.4, 0.5) is 5.95 Å². The van der Waals surface area contributed by atoms with Gasteiger partial charge in [0.1, 0.15) is 12.4 Å². The number of hydrogen-bond donors (Lipinski definition) is 4. The van der Waals surface area contributed by atoms with Gasteiger partial charge in [-0.05, 0) is 50.0 Å². The van der Waals surface area contributed by atoms with Crippen LogP contribution in [0.25, 0.3) is 0 Å². The number of rotatable bonds is 12. The second-order valence-electron chi connectivity index (χ2n) is 8.03. The van der Waals surface area contributed by atoms with Gasteiger partial charge in [0.2, 0.25) is 5.95 Å². The maximum atomic E-state index is 9.64. The molecule has 3 rings (SSSR count). The van der Waals surface area contributed by atoms with E-state index in [1.807, 2.05) is 6.07 Å². The molecular formula is C23H35N5O6. The summed E-state index contributed by atoms with van der Waals surface area (Å²) >= 11 is 0. The smallest absolute Gasteiger partial charge is 0.303 e. The second kappa shape index (κ2) is 14.9. The summed E-state index contributed by atoms with van der Waals surface area (Å²) in [5.74, 6) is -0.130. The number of nitrogens with zero attached hydrogens (tertiary/aromatic N) is 4. The highest BCUT2D eigenvalue weighted by Crippen LogP contribution is 2.17. The number of ether oxygens (including phenoxy) is 1. The van der Waals surface area contributed by atoms with Crippen LogP contribution in [-0.2, 0) is 29.8 Å². The first-order valence-corrected chi connectivity index (χ1v) is 11.5. The average molecular weight is 478 g/mol. The van der Waals surface area contributed by atoms with Crippen LogP contribution in [0.3, 0.4) is 0 Å². The molecule has 11 heteroatoms. The van der Waals surface area contributed by atoms with Gasteiger partial charge in [0.05, 0.1) is 19.4 Å². The Kier molecular flexibility index (Phi) is 11.8. The van der Waals surface area contributed by atoms with Gasteiger partial charge in [0.25, 0.3) is 0 Å². The van der Waals surface area contributed by atoms with Crippen molar-refractivity contribution in [2.24, 2.45) is 7.05 Å². The first-order chi connectivity index (χ1) is 16.4. The maximum Gasteiger partial charge on any atom is 0.303 e. The third-order valence-electron chi connectivity index (χ3n) is 5.13. The van der Waals surface area contributed by atoms with Crippen molar-refractivity contribution in [3.05, 3.63) is 35.7 Å². The molecule has 0 amide bonds. The lowest BCUT2D eigenvalue weighted by Gasteiger charge is -2.26. The van der Waals surface area contributed by atoms with E-state index in [9.17, 15) is 9.59 Å². The van der Waals surface area contributed by atoms with Crippen LogP contribution < -0.4 is 10.1 Å². The average Bonchev–Trinajstić information content (AvgIpc) is 3.18. The Balaban J connectivity index is 0.000000440. The molecule has 4 N–H and O–H groups in total. The van der Waals surface area contributed by atoms with E-state index in [2.05, 4.69) is 38.5 Å². The molecule has 1 aliphatic heterocycles. The van der Waals surface area contributed by atoms with E-state index in [4.69, 9.17) is 20.1 Å². The number of benzene rings is 1. The molecule has 1 saturated heterocycles. The Morgan fingerprint density at radius 3 is 2.44 bits per heavy atom. The number of aryl methyl sites for hydroxylation is 1. The minimum Gasteiger partial charge on any atom is -0.494 e. The third kappa shape index (κ3) is 10.6. The van der Waals surface area contributed by atoms with Gasteiger partial charge >= 0.3 is 11.9 Å². The van der Waals surface area contributed by atoms with Gasteiger partial charge in [0.15, 0.2) is 5.82 Å². The normalized spacial score (nSPS) is 13.6. The number of carbonyl (C=O) groups is 2. The number of aromatic nitrogens is 3. The van der Waals surface area contributed by atoms with Crippen LogP contribution in [0, 0.1) is 0 Å². The van der Waals surface area contributed by atoms with E-state index in [0.29, 0.717) is 18.4 Å². The Bertz CT molecular complexity index is 884. The molecule has 2 aromatic rings. The van der Waals surface area contributed by atoms with Gasteiger partial charge in [-0.2, -0.15) is 10.1 Å². The molecule has 188 valence electrons. The molecule has 0 unspecified atom stereocenters. The van der Waals surface area contributed by atoms with E-state index >= 15 is 0 Å². The van der Waals surface area contributed by atoms with E-state index < -0.39 is 11.9 Å². The van der Waals surface area contributed by atoms with Crippen LogP contribution in [0.5, 0.6) is 5.75 Å². The molecule has 1 aromatic carbocycles. The summed E-state index contributed by atoms with van der Waals surface area (Å²) in [6, 6.07) is 8.42. The molecule has 2 heterocycles. The number of hydrogen-bond acceptors (Lipinski definition) is 8. The highest BCUT2D eigenvalue weighted by atomic mass is 16.5. The number of piperidine rings is 1. The molecule has 0 aliphatic carbocycles. The zero-order valence-electron chi connectivity index (χ0n) is 19.6. The number of anilines is 1. The highest BCUT2D eigenvalue weighted by Gasteiger charge is 2.10.